The van der Waals surface area contributed by atoms with Crippen LogP contribution in [0.1, 0.15) is 22.3 Å². The maximum absolute atomic E-state index is 10.4. The lowest BCUT2D eigenvalue weighted by atomic mass is 10.0. The normalized spacial score (nSPS) is 10.1. The fourth-order valence-corrected chi connectivity index (χ4v) is 1.59. The Morgan fingerprint density at radius 2 is 1.69 bits per heavy atom. The van der Waals surface area contributed by atoms with Crippen molar-refractivity contribution < 1.29 is 4.92 Å². The molecule has 0 saturated heterocycles. The largest absolute Gasteiger partial charge is 0.264 e. The molecule has 0 aliphatic rings. The molecule has 1 aromatic rings. The summed E-state index contributed by atoms with van der Waals surface area (Å²) in [5.41, 5.74) is 4.01. The maximum atomic E-state index is 10.4. The molecule has 0 N–H and O–H groups in total. The summed E-state index contributed by atoms with van der Waals surface area (Å²) in [6, 6.07) is 3.96. The molecule has 3 heteroatoms. The summed E-state index contributed by atoms with van der Waals surface area (Å²) in [4.78, 5) is 10.1. The first-order valence-corrected chi connectivity index (χ1v) is 4.19. The molecule has 13 heavy (non-hydrogen) atoms. The minimum atomic E-state index is -0.287. The highest BCUT2D eigenvalue weighted by Crippen LogP contribution is 2.16. The molecule has 70 valence electrons. The summed E-state index contributed by atoms with van der Waals surface area (Å²) in [6.07, 6.45) is 0. The number of aryl methyl sites for hydroxylation is 3. The third kappa shape index (κ3) is 2.28. The first kappa shape index (κ1) is 9.71. The Bertz CT molecular complexity index is 322. The van der Waals surface area contributed by atoms with E-state index in [0.717, 1.165) is 22.3 Å². The topological polar surface area (TPSA) is 43.1 Å². The van der Waals surface area contributed by atoms with Crippen molar-refractivity contribution in [1.29, 1.82) is 0 Å². The van der Waals surface area contributed by atoms with Crippen molar-refractivity contribution >= 4 is 0 Å². The van der Waals surface area contributed by atoms with E-state index in [1.54, 1.807) is 0 Å². The molecule has 3 nitrogen and oxygen atoms in total. The zero-order valence-electron chi connectivity index (χ0n) is 8.13. The second-order valence-electron chi connectivity index (χ2n) is 3.37. The van der Waals surface area contributed by atoms with E-state index in [0.29, 0.717) is 0 Å². The molecule has 0 unspecified atom stereocenters. The van der Waals surface area contributed by atoms with Gasteiger partial charge in [0, 0.05) is 10.5 Å². The Balaban J connectivity index is 3.13. The van der Waals surface area contributed by atoms with Crippen LogP contribution in [0.25, 0.3) is 0 Å². The predicted molar refractivity (Wildman–Crippen MR) is 51.4 cm³/mol. The molecular weight excluding hydrogens is 166 g/mol. The van der Waals surface area contributed by atoms with Gasteiger partial charge in [0.05, 0.1) is 0 Å². The zero-order chi connectivity index (χ0) is 10.0. The fourth-order valence-electron chi connectivity index (χ4n) is 1.59. The quantitative estimate of drug-likeness (QED) is 0.516. The Labute approximate surface area is 77.5 Å². The highest BCUT2D eigenvalue weighted by molar-refractivity contribution is 5.36. The van der Waals surface area contributed by atoms with Crippen LogP contribution in [0.15, 0.2) is 12.1 Å². The third-order valence-electron chi connectivity index (χ3n) is 2.13. The molecule has 0 fully saturated rings. The second kappa shape index (κ2) is 3.56. The molecule has 0 aliphatic heterocycles. The Morgan fingerprint density at radius 3 is 2.08 bits per heavy atom. The van der Waals surface area contributed by atoms with Crippen LogP contribution in [0.3, 0.4) is 0 Å². The number of rotatable bonds is 2. The van der Waals surface area contributed by atoms with Crippen molar-refractivity contribution in [3.8, 4) is 0 Å². The number of nitrogens with zero attached hydrogens (tertiary/aromatic N) is 1. The van der Waals surface area contributed by atoms with E-state index < -0.39 is 0 Å². The summed E-state index contributed by atoms with van der Waals surface area (Å²) in [5.74, 6) is 0. The van der Waals surface area contributed by atoms with E-state index in [2.05, 4.69) is 0 Å². The summed E-state index contributed by atoms with van der Waals surface area (Å²) >= 11 is 0. The van der Waals surface area contributed by atoms with Crippen LogP contribution >= 0.6 is 0 Å². The molecular formula is C10H13NO2. The number of hydrogen-bond acceptors (Lipinski definition) is 2. The summed E-state index contributed by atoms with van der Waals surface area (Å²) in [7, 11) is 0. The molecule has 0 saturated carbocycles. The molecule has 0 aliphatic carbocycles. The molecule has 1 rings (SSSR count). The van der Waals surface area contributed by atoms with E-state index in [-0.39, 0.29) is 11.5 Å². The first-order valence-electron chi connectivity index (χ1n) is 4.19. The van der Waals surface area contributed by atoms with Crippen LogP contribution in [0.2, 0.25) is 0 Å². The first-order chi connectivity index (χ1) is 6.00. The third-order valence-corrected chi connectivity index (χ3v) is 2.13. The highest BCUT2D eigenvalue weighted by atomic mass is 16.6. The van der Waals surface area contributed by atoms with Gasteiger partial charge in [-0.2, -0.15) is 0 Å². The van der Waals surface area contributed by atoms with E-state index in [4.69, 9.17) is 0 Å². The summed E-state index contributed by atoms with van der Waals surface area (Å²) in [6.45, 7) is 5.76. The molecule has 0 atom stereocenters. The van der Waals surface area contributed by atoms with Crippen molar-refractivity contribution in [2.24, 2.45) is 0 Å². The average molecular weight is 179 g/mol. The summed E-state index contributed by atoms with van der Waals surface area (Å²) < 4.78 is 0. The Hall–Kier alpha value is -1.38. The predicted octanol–water partition coefficient (Wildman–Crippen LogP) is 2.39. The summed E-state index contributed by atoms with van der Waals surface area (Å²) in [5, 5.41) is 10.4. The Morgan fingerprint density at radius 1 is 1.23 bits per heavy atom. The van der Waals surface area contributed by atoms with Crippen molar-refractivity contribution in [3.05, 3.63) is 44.5 Å². The number of benzene rings is 1. The number of hydrogen-bond donors (Lipinski definition) is 0. The lowest BCUT2D eigenvalue weighted by Crippen LogP contribution is -2.03. The minimum absolute atomic E-state index is 0.0715. The van der Waals surface area contributed by atoms with Gasteiger partial charge in [-0.1, -0.05) is 17.7 Å². The maximum Gasteiger partial charge on any atom is 0.229 e. The van der Waals surface area contributed by atoms with Gasteiger partial charge >= 0.3 is 0 Å². The molecule has 0 amide bonds. The van der Waals surface area contributed by atoms with Gasteiger partial charge < -0.3 is 0 Å². The van der Waals surface area contributed by atoms with Crippen molar-refractivity contribution in [2.45, 2.75) is 27.3 Å². The van der Waals surface area contributed by atoms with Gasteiger partial charge in [-0.15, -0.1) is 0 Å². The SMILES string of the molecule is Cc1cc(C)c(C[N+](=O)[O-])c(C)c1. The fraction of sp³-hybridized carbons (Fsp3) is 0.400. The van der Waals surface area contributed by atoms with Crippen LogP contribution in [-0.2, 0) is 6.54 Å². The lowest BCUT2D eigenvalue weighted by Gasteiger charge is -2.06. The van der Waals surface area contributed by atoms with Gasteiger partial charge in [-0.3, -0.25) is 10.1 Å². The lowest BCUT2D eigenvalue weighted by molar-refractivity contribution is -0.497. The zero-order valence-corrected chi connectivity index (χ0v) is 8.13. The van der Waals surface area contributed by atoms with Crippen LogP contribution in [-0.4, -0.2) is 4.92 Å². The molecule has 0 bridgehead atoms. The molecule has 0 aromatic heterocycles. The average Bonchev–Trinajstić information content (AvgIpc) is 1.96. The highest BCUT2D eigenvalue weighted by Gasteiger charge is 2.08. The van der Waals surface area contributed by atoms with E-state index in [1.165, 1.54) is 0 Å². The molecule has 0 heterocycles. The van der Waals surface area contributed by atoms with Crippen molar-refractivity contribution in [2.75, 3.05) is 0 Å². The van der Waals surface area contributed by atoms with Gasteiger partial charge in [0.25, 0.3) is 0 Å². The number of nitro groups is 1. The van der Waals surface area contributed by atoms with E-state index in [9.17, 15) is 10.1 Å². The van der Waals surface area contributed by atoms with Crippen molar-refractivity contribution in [3.63, 3.8) is 0 Å². The standard InChI is InChI=1S/C10H13NO2/c1-7-4-8(2)10(6-11(12)13)9(3)5-7/h4-5H,6H2,1-3H3. The van der Waals surface area contributed by atoms with Gasteiger partial charge in [-0.05, 0) is 31.9 Å². The van der Waals surface area contributed by atoms with Gasteiger partial charge in [0.2, 0.25) is 6.54 Å². The van der Waals surface area contributed by atoms with Crippen LogP contribution < -0.4 is 0 Å². The minimum Gasteiger partial charge on any atom is -0.264 e. The van der Waals surface area contributed by atoms with E-state index in [1.807, 2.05) is 32.9 Å². The van der Waals surface area contributed by atoms with Crippen LogP contribution in [0.5, 0.6) is 0 Å². The van der Waals surface area contributed by atoms with Gasteiger partial charge in [0.15, 0.2) is 0 Å². The smallest absolute Gasteiger partial charge is 0.229 e. The Kier molecular flexibility index (Phi) is 2.66. The van der Waals surface area contributed by atoms with Gasteiger partial charge in [-0.25, -0.2) is 0 Å². The van der Waals surface area contributed by atoms with Crippen molar-refractivity contribution in [1.82, 2.24) is 0 Å². The van der Waals surface area contributed by atoms with Crippen LogP contribution in [0.4, 0.5) is 0 Å². The molecule has 0 radical (unpaired) electrons. The van der Waals surface area contributed by atoms with Gasteiger partial charge in [0.1, 0.15) is 0 Å². The van der Waals surface area contributed by atoms with Crippen LogP contribution in [0, 0.1) is 30.9 Å². The molecule has 1 aromatic carbocycles. The monoisotopic (exact) mass is 179 g/mol. The van der Waals surface area contributed by atoms with E-state index >= 15 is 0 Å². The molecule has 0 spiro atoms. The second-order valence-corrected chi connectivity index (χ2v) is 3.37.